The first kappa shape index (κ1) is 41.5. The molecule has 294 valence electrons. The van der Waals surface area contributed by atoms with Crippen LogP contribution >= 0.6 is 23.2 Å². The fraction of sp³-hybridized carbons (Fsp3) is 0.462. The molecule has 2 amide bonds. The number of pyridine rings is 1. The Labute approximate surface area is 332 Å². The van der Waals surface area contributed by atoms with Gasteiger partial charge in [-0.2, -0.15) is 0 Å². The van der Waals surface area contributed by atoms with Crippen LogP contribution in [-0.2, 0) is 19.7 Å². The number of rotatable bonds is 13. The van der Waals surface area contributed by atoms with E-state index in [0.717, 1.165) is 50.9 Å². The van der Waals surface area contributed by atoms with Crippen molar-refractivity contribution < 1.29 is 23.9 Å². The van der Waals surface area contributed by atoms with Gasteiger partial charge in [-0.05, 0) is 105 Å². The molecule has 2 aromatic carbocycles. The van der Waals surface area contributed by atoms with Crippen molar-refractivity contribution in [1.82, 2.24) is 44.8 Å². The molecule has 0 radical (unpaired) electrons. The predicted molar refractivity (Wildman–Crippen MR) is 210 cm³/mol. The van der Waals surface area contributed by atoms with E-state index in [1.54, 1.807) is 62.5 Å². The minimum absolute atomic E-state index is 0.128. The Hall–Kier alpha value is -4.63. The number of hydrogen-bond donors (Lipinski definition) is 0. The van der Waals surface area contributed by atoms with Crippen LogP contribution in [0.3, 0.4) is 0 Å². The Kier molecular flexibility index (Phi) is 15.4. The second-order valence-electron chi connectivity index (χ2n) is 13.5. The average molecular weight is 795 g/mol. The summed E-state index contributed by atoms with van der Waals surface area (Å²) in [6.45, 7) is 8.00. The molecular formula is C39H49Cl2N9O5. The minimum atomic E-state index is -0.614. The molecule has 6 rings (SSSR count). The molecule has 0 bridgehead atoms. The van der Waals surface area contributed by atoms with Crippen molar-refractivity contribution in [2.24, 2.45) is 0 Å². The second-order valence-corrected chi connectivity index (χ2v) is 14.3. The number of halogens is 2. The molecule has 2 aliphatic rings. The molecule has 4 heterocycles. The van der Waals surface area contributed by atoms with Crippen LogP contribution in [0.1, 0.15) is 48.5 Å². The topological polar surface area (TPSA) is 139 Å². The molecule has 0 N–H and O–H groups in total. The Morgan fingerprint density at radius 3 is 2.24 bits per heavy atom. The van der Waals surface area contributed by atoms with Crippen molar-refractivity contribution in [3.63, 3.8) is 0 Å². The van der Waals surface area contributed by atoms with Crippen LogP contribution in [0.5, 0.6) is 5.75 Å². The number of amides is 2. The number of likely N-dealkylation sites (tertiary alicyclic amines) is 1. The number of unbranched alkanes of at least 4 members (excludes halogenated alkanes) is 1. The summed E-state index contributed by atoms with van der Waals surface area (Å²) in [5, 5.41) is 12.5. The minimum Gasteiger partial charge on any atom is -0.496 e. The van der Waals surface area contributed by atoms with Gasteiger partial charge in [0.1, 0.15) is 12.1 Å². The highest BCUT2D eigenvalue weighted by Gasteiger charge is 2.45. The molecule has 16 heteroatoms. The standard InChI is InChI=1S/C33H45N9O5.C6H4Cl2/c1-4-47-30(43)24-40-18-20-41(21-19-40)32(45)33(26-8-7-13-34-23-26)11-16-39(17-12-33)15-6-5-14-38(2)31(44)28-22-27(9-10-29(28)46-3)42-25-35-36-37-42;7-5-3-1-2-4-6(5)8/h7-10,13,22-23,25H,4-6,11-12,14-21,24H2,1-3H3;1-4H. The zero-order valence-electron chi connectivity index (χ0n) is 31.6. The summed E-state index contributed by atoms with van der Waals surface area (Å²) < 4.78 is 12.1. The van der Waals surface area contributed by atoms with Gasteiger partial charge in [0.15, 0.2) is 0 Å². The second kappa shape index (κ2) is 20.3. The monoisotopic (exact) mass is 793 g/mol. The van der Waals surface area contributed by atoms with E-state index in [2.05, 4.69) is 30.3 Å². The molecule has 55 heavy (non-hydrogen) atoms. The zero-order chi connectivity index (χ0) is 39.2. The van der Waals surface area contributed by atoms with Crippen LogP contribution in [0, 0.1) is 0 Å². The molecule has 14 nitrogen and oxygen atoms in total. The maximum atomic E-state index is 14.2. The van der Waals surface area contributed by atoms with Crippen LogP contribution in [0.4, 0.5) is 0 Å². The Bertz CT molecular complexity index is 1810. The van der Waals surface area contributed by atoms with Gasteiger partial charge in [0.25, 0.3) is 5.91 Å². The van der Waals surface area contributed by atoms with Crippen LogP contribution in [-0.4, -0.2) is 142 Å². The summed E-state index contributed by atoms with van der Waals surface area (Å²) >= 11 is 11.2. The van der Waals surface area contributed by atoms with Crippen molar-refractivity contribution in [2.75, 3.05) is 79.7 Å². The number of carbonyl (C=O) groups is 3. The SMILES string of the molecule is CCOC(=O)CN1CCN(C(=O)C2(c3cccnc3)CCN(CCCCN(C)C(=O)c3cc(-n4cnnn4)ccc3OC)CC2)CC1.Clc1ccccc1Cl. The van der Waals surface area contributed by atoms with Gasteiger partial charge in [0.2, 0.25) is 5.91 Å². The number of ether oxygens (including phenoxy) is 2. The smallest absolute Gasteiger partial charge is 0.320 e. The molecule has 2 saturated heterocycles. The van der Waals surface area contributed by atoms with E-state index in [9.17, 15) is 14.4 Å². The Balaban J connectivity index is 0.000000644. The first-order chi connectivity index (χ1) is 26.6. The van der Waals surface area contributed by atoms with E-state index in [-0.39, 0.29) is 24.3 Å². The van der Waals surface area contributed by atoms with Crippen molar-refractivity contribution in [3.05, 3.63) is 94.5 Å². The number of aromatic nitrogens is 5. The fourth-order valence-corrected chi connectivity index (χ4v) is 7.22. The molecule has 2 fully saturated rings. The van der Waals surface area contributed by atoms with Gasteiger partial charge in [-0.1, -0.05) is 41.4 Å². The molecule has 0 unspecified atom stereocenters. The van der Waals surface area contributed by atoms with Crippen molar-refractivity contribution in [1.29, 1.82) is 0 Å². The third-order valence-electron chi connectivity index (χ3n) is 10.1. The maximum Gasteiger partial charge on any atom is 0.320 e. The number of carbonyl (C=O) groups excluding carboxylic acids is 3. The van der Waals surface area contributed by atoms with E-state index in [1.807, 2.05) is 35.4 Å². The first-order valence-corrected chi connectivity index (χ1v) is 19.3. The van der Waals surface area contributed by atoms with Crippen molar-refractivity contribution in [2.45, 2.75) is 38.0 Å². The molecule has 0 spiro atoms. The highest BCUT2D eigenvalue weighted by atomic mass is 35.5. The maximum absolute atomic E-state index is 14.2. The summed E-state index contributed by atoms with van der Waals surface area (Å²) in [5.41, 5.74) is 1.49. The predicted octanol–water partition coefficient (Wildman–Crippen LogP) is 4.65. The van der Waals surface area contributed by atoms with E-state index in [1.165, 1.54) is 11.0 Å². The summed E-state index contributed by atoms with van der Waals surface area (Å²) in [5.74, 6) is 0.297. The van der Waals surface area contributed by atoms with Gasteiger partial charge in [0.05, 0.1) is 47.0 Å². The Morgan fingerprint density at radius 2 is 1.64 bits per heavy atom. The summed E-state index contributed by atoms with van der Waals surface area (Å²) in [7, 11) is 3.35. The largest absolute Gasteiger partial charge is 0.496 e. The number of methoxy groups -OCH3 is 1. The zero-order valence-corrected chi connectivity index (χ0v) is 33.2. The summed E-state index contributed by atoms with van der Waals surface area (Å²) in [4.78, 5) is 52.0. The lowest BCUT2D eigenvalue weighted by molar-refractivity contribution is -0.146. The first-order valence-electron chi connectivity index (χ1n) is 18.5. The number of piperazine rings is 1. The van der Waals surface area contributed by atoms with Crippen LogP contribution in [0.15, 0.2) is 73.3 Å². The fourth-order valence-electron chi connectivity index (χ4n) is 6.95. The van der Waals surface area contributed by atoms with Crippen LogP contribution < -0.4 is 4.74 Å². The third-order valence-corrected chi connectivity index (χ3v) is 10.8. The van der Waals surface area contributed by atoms with Crippen LogP contribution in [0.25, 0.3) is 5.69 Å². The van der Waals surface area contributed by atoms with Gasteiger partial charge in [-0.15, -0.1) is 5.10 Å². The highest BCUT2D eigenvalue weighted by molar-refractivity contribution is 6.41. The number of esters is 1. The molecule has 0 atom stereocenters. The quantitative estimate of drug-likeness (QED) is 0.138. The molecule has 0 aliphatic carbocycles. The van der Waals surface area contributed by atoms with Gasteiger partial charge < -0.3 is 24.2 Å². The summed E-state index contributed by atoms with van der Waals surface area (Å²) in [6.07, 6.45) is 8.27. The lowest BCUT2D eigenvalue weighted by atomic mass is 9.72. The Morgan fingerprint density at radius 1 is 0.909 bits per heavy atom. The van der Waals surface area contributed by atoms with Gasteiger partial charge >= 0.3 is 5.97 Å². The third kappa shape index (κ3) is 11.0. The summed E-state index contributed by atoms with van der Waals surface area (Å²) in [6, 6.07) is 16.4. The normalized spacial score (nSPS) is 15.8. The lowest BCUT2D eigenvalue weighted by Crippen LogP contribution is -2.57. The molecule has 2 aliphatic heterocycles. The molecular weight excluding hydrogens is 745 g/mol. The van der Waals surface area contributed by atoms with E-state index < -0.39 is 5.41 Å². The number of tetrazole rings is 1. The molecule has 4 aromatic rings. The number of benzene rings is 2. The van der Waals surface area contributed by atoms with E-state index in [4.69, 9.17) is 32.7 Å². The lowest BCUT2D eigenvalue weighted by Gasteiger charge is -2.45. The van der Waals surface area contributed by atoms with Gasteiger partial charge in [0, 0.05) is 52.2 Å². The van der Waals surface area contributed by atoms with Crippen molar-refractivity contribution in [3.8, 4) is 11.4 Å². The van der Waals surface area contributed by atoms with E-state index >= 15 is 0 Å². The average Bonchev–Trinajstić information content (AvgIpc) is 3.76. The number of nitrogens with zero attached hydrogens (tertiary/aromatic N) is 9. The van der Waals surface area contributed by atoms with E-state index in [0.29, 0.717) is 66.4 Å². The van der Waals surface area contributed by atoms with Crippen LogP contribution in [0.2, 0.25) is 10.0 Å². The highest BCUT2D eigenvalue weighted by Crippen LogP contribution is 2.37. The van der Waals surface area contributed by atoms with Gasteiger partial charge in [-0.25, -0.2) is 4.68 Å². The van der Waals surface area contributed by atoms with Gasteiger partial charge in [-0.3, -0.25) is 24.3 Å². The van der Waals surface area contributed by atoms with Crippen molar-refractivity contribution >= 4 is 41.0 Å². The molecule has 0 saturated carbocycles. The molecule has 2 aromatic heterocycles. The number of piperidine rings is 1. The number of hydrogen-bond acceptors (Lipinski definition) is 11.